The summed E-state index contributed by atoms with van der Waals surface area (Å²) < 4.78 is 19.2. The zero-order chi connectivity index (χ0) is 36.8. The molecule has 1 saturated carbocycles. The number of anilines is 1. The van der Waals surface area contributed by atoms with E-state index in [1.807, 2.05) is 29.2 Å². The molecule has 9 rings (SSSR count). The van der Waals surface area contributed by atoms with E-state index in [4.69, 9.17) is 19.9 Å². The number of allylic oxidation sites excluding steroid dienone is 1. The number of aliphatic hydroxyl groups is 3. The van der Waals surface area contributed by atoms with E-state index >= 15 is 0 Å². The van der Waals surface area contributed by atoms with Crippen molar-refractivity contribution in [1.29, 1.82) is 0 Å². The normalized spacial score (nSPS) is 32.8. The number of nitrogens with two attached hydrogens (primary N) is 1. The number of hydrogen-bond acceptors (Lipinski definition) is 14. The van der Waals surface area contributed by atoms with Crippen LogP contribution in [0.15, 0.2) is 66.9 Å². The molecule has 9 unspecified atom stereocenters. The summed E-state index contributed by atoms with van der Waals surface area (Å²) in [6, 6.07) is 14.6. The number of carbonyl (C=O) groups is 3. The number of fused-ring (bicyclic) bond motifs is 7. The molecule has 3 aromatic carbocycles. The van der Waals surface area contributed by atoms with Crippen LogP contribution in [0.1, 0.15) is 74.6 Å². The summed E-state index contributed by atoms with van der Waals surface area (Å²) in [5, 5.41) is 54.9. The van der Waals surface area contributed by atoms with E-state index in [-0.39, 0.29) is 46.1 Å². The van der Waals surface area contributed by atoms with Crippen molar-refractivity contribution in [2.24, 2.45) is 5.73 Å². The number of benzene rings is 3. The number of hydrogen-bond donors (Lipinski definition) is 8. The summed E-state index contributed by atoms with van der Waals surface area (Å²) in [4.78, 5) is 42.9. The first-order chi connectivity index (χ1) is 25.6. The Hall–Kier alpha value is -4.87. The lowest BCUT2D eigenvalue weighted by Gasteiger charge is -2.47. The van der Waals surface area contributed by atoms with E-state index in [2.05, 4.69) is 16.0 Å². The second-order valence-corrected chi connectivity index (χ2v) is 14.4. The molecular formula is C38H39N5O10. The molecule has 0 radical (unpaired) electrons. The van der Waals surface area contributed by atoms with Crippen LogP contribution in [0.2, 0.25) is 0 Å². The lowest BCUT2D eigenvalue weighted by Crippen LogP contribution is -2.70. The van der Waals surface area contributed by atoms with Gasteiger partial charge in [-0.1, -0.05) is 42.5 Å². The van der Waals surface area contributed by atoms with E-state index in [1.165, 1.54) is 18.4 Å². The van der Waals surface area contributed by atoms with E-state index in [9.17, 15) is 34.8 Å². The molecular weight excluding hydrogens is 686 g/mol. The quantitative estimate of drug-likeness (QED) is 0.140. The number of ether oxygens (including phenoxy) is 3. The van der Waals surface area contributed by atoms with Crippen LogP contribution >= 0.6 is 0 Å². The van der Waals surface area contributed by atoms with Gasteiger partial charge in [0.2, 0.25) is 12.2 Å². The smallest absolute Gasteiger partial charge is 0.242 e. The van der Waals surface area contributed by atoms with E-state index in [1.54, 1.807) is 24.3 Å². The fraction of sp³-hybridized carbons (Fsp3) is 0.395. The standard InChI is InChI=1S/C38H39N5O10/c39-37-41-34-25(35(50)42-37)40-16-43(34)23-10-4-3-7-18(23)17-11-14-51-38(12-5-6-13-38)33-30(48)29(47)31(49)36(53-33)52-32-21(17)15-22-24(28(32)46)27(45)20-9-2-1-8-19(20)26(22)44/h1-4,7-11,14-15,17,25,29-31,33-34,36-37,40-41,46-49H,5-6,12-13,16,39H2,(H,42,50). The Kier molecular flexibility index (Phi) is 8.08. The molecule has 6 aliphatic rings. The number of ketones is 2. The molecule has 0 aromatic heterocycles. The van der Waals surface area contributed by atoms with Crippen molar-refractivity contribution in [3.63, 3.8) is 0 Å². The predicted molar refractivity (Wildman–Crippen MR) is 186 cm³/mol. The lowest BCUT2D eigenvalue weighted by atomic mass is 9.79. The highest BCUT2D eigenvalue weighted by molar-refractivity contribution is 6.29. The highest BCUT2D eigenvalue weighted by Gasteiger charge is 2.56. The number of phenolic OH excluding ortho intramolecular Hbond substituents is 1. The second-order valence-electron chi connectivity index (χ2n) is 14.4. The van der Waals surface area contributed by atoms with Crippen LogP contribution in [0.5, 0.6) is 11.5 Å². The third-order valence-corrected chi connectivity index (χ3v) is 11.5. The van der Waals surface area contributed by atoms with Crippen LogP contribution in [-0.2, 0) is 14.3 Å². The van der Waals surface area contributed by atoms with Gasteiger partial charge >= 0.3 is 0 Å². The van der Waals surface area contributed by atoms with Gasteiger partial charge in [0, 0.05) is 33.9 Å². The number of phenols is 1. The van der Waals surface area contributed by atoms with Gasteiger partial charge in [0.15, 0.2) is 23.1 Å². The van der Waals surface area contributed by atoms with Crippen LogP contribution in [0.25, 0.3) is 0 Å². The molecule has 4 fully saturated rings. The second kappa shape index (κ2) is 12.6. The van der Waals surface area contributed by atoms with Gasteiger partial charge in [0.25, 0.3) is 0 Å². The molecule has 1 amide bonds. The number of aromatic hydroxyl groups is 1. The molecule has 3 aromatic rings. The Morgan fingerprint density at radius 3 is 2.36 bits per heavy atom. The molecule has 2 aliphatic carbocycles. The molecule has 3 saturated heterocycles. The third kappa shape index (κ3) is 5.18. The molecule has 4 heterocycles. The monoisotopic (exact) mass is 725 g/mol. The molecule has 9 N–H and O–H groups in total. The minimum Gasteiger partial charge on any atom is -0.504 e. The Balaban J connectivity index is 1.26. The minimum atomic E-state index is -1.78. The van der Waals surface area contributed by atoms with Crippen molar-refractivity contribution < 1.29 is 49.0 Å². The van der Waals surface area contributed by atoms with Gasteiger partial charge in [0.05, 0.1) is 18.5 Å². The Bertz CT molecular complexity index is 2050. The van der Waals surface area contributed by atoms with E-state index in [0.29, 0.717) is 24.1 Å². The maximum Gasteiger partial charge on any atom is 0.242 e. The van der Waals surface area contributed by atoms with E-state index in [0.717, 1.165) is 12.8 Å². The van der Waals surface area contributed by atoms with Crippen molar-refractivity contribution in [2.45, 2.75) is 86.4 Å². The summed E-state index contributed by atoms with van der Waals surface area (Å²) in [6.45, 7) is 0.262. The third-order valence-electron chi connectivity index (χ3n) is 11.5. The van der Waals surface area contributed by atoms with Crippen LogP contribution in [0.3, 0.4) is 0 Å². The summed E-state index contributed by atoms with van der Waals surface area (Å²) in [5.41, 5.74) is 6.51. The molecule has 9 atom stereocenters. The average molecular weight is 726 g/mol. The molecule has 276 valence electrons. The van der Waals surface area contributed by atoms with Crippen molar-refractivity contribution >= 4 is 23.2 Å². The van der Waals surface area contributed by atoms with Crippen LogP contribution in [0, 0.1) is 0 Å². The summed E-state index contributed by atoms with van der Waals surface area (Å²) in [5.74, 6) is -3.11. The van der Waals surface area contributed by atoms with Gasteiger partial charge in [-0.3, -0.25) is 30.8 Å². The first-order valence-electron chi connectivity index (χ1n) is 17.8. The topological polar surface area (TPSA) is 225 Å². The number of nitrogens with one attached hydrogen (secondary N) is 3. The number of nitrogens with zero attached hydrogens (tertiary/aromatic N) is 1. The number of rotatable bonds is 2. The van der Waals surface area contributed by atoms with Crippen molar-refractivity contribution in [1.82, 2.24) is 16.0 Å². The Labute approximate surface area is 303 Å². The molecule has 4 aliphatic heterocycles. The van der Waals surface area contributed by atoms with Crippen molar-refractivity contribution in [2.75, 3.05) is 11.6 Å². The van der Waals surface area contributed by atoms with Gasteiger partial charge in [0.1, 0.15) is 48.5 Å². The van der Waals surface area contributed by atoms with Gasteiger partial charge in [-0.15, -0.1) is 0 Å². The SMILES string of the molecule is NC1NC(=O)C2NCN(c3ccccc3C3C=COC4(CCCC4)C4OC(Oc5c3cc3c(c5O)C(=O)c5ccccc5C3=O)C(O)C(O)C4O)C2N1. The number of aliphatic hydroxyl groups excluding tert-OH is 3. The van der Waals surface area contributed by atoms with Gasteiger partial charge < -0.3 is 44.9 Å². The highest BCUT2D eigenvalue weighted by atomic mass is 16.7. The zero-order valence-corrected chi connectivity index (χ0v) is 28.3. The zero-order valence-electron chi connectivity index (χ0n) is 28.3. The summed E-state index contributed by atoms with van der Waals surface area (Å²) in [6.07, 6.45) is -3.45. The first-order valence-corrected chi connectivity index (χ1v) is 17.8. The predicted octanol–water partition coefficient (Wildman–Crippen LogP) is 0.366. The maximum atomic E-state index is 14.1. The fourth-order valence-corrected chi connectivity index (χ4v) is 8.89. The number of para-hydroxylation sites is 1. The lowest BCUT2D eigenvalue weighted by molar-refractivity contribution is -0.304. The molecule has 15 heteroatoms. The van der Waals surface area contributed by atoms with Gasteiger partial charge in [-0.2, -0.15) is 0 Å². The average Bonchev–Trinajstić information content (AvgIpc) is 3.81. The van der Waals surface area contributed by atoms with Crippen LogP contribution in [0.4, 0.5) is 5.69 Å². The van der Waals surface area contributed by atoms with Crippen molar-refractivity contribution in [3.8, 4) is 11.5 Å². The van der Waals surface area contributed by atoms with Gasteiger partial charge in [-0.25, -0.2) is 0 Å². The Morgan fingerprint density at radius 2 is 1.58 bits per heavy atom. The highest BCUT2D eigenvalue weighted by Crippen LogP contribution is 2.50. The Morgan fingerprint density at radius 1 is 0.868 bits per heavy atom. The number of amides is 1. The van der Waals surface area contributed by atoms with E-state index < -0.39 is 78.0 Å². The summed E-state index contributed by atoms with van der Waals surface area (Å²) >= 11 is 0. The molecule has 2 bridgehead atoms. The maximum absolute atomic E-state index is 14.1. The van der Waals surface area contributed by atoms with Gasteiger partial charge in [-0.05, 0) is 49.5 Å². The molecule has 1 spiro atoms. The molecule has 15 nitrogen and oxygen atoms in total. The fourth-order valence-electron chi connectivity index (χ4n) is 8.89. The van der Waals surface area contributed by atoms with Crippen LogP contribution in [-0.4, -0.2) is 99.4 Å². The largest absolute Gasteiger partial charge is 0.504 e. The van der Waals surface area contributed by atoms with Crippen LogP contribution < -0.4 is 31.3 Å². The summed E-state index contributed by atoms with van der Waals surface area (Å²) in [7, 11) is 0. The molecule has 53 heavy (non-hydrogen) atoms. The minimum absolute atomic E-state index is 0.0505. The number of carbonyl (C=O) groups excluding carboxylic acids is 3. The first kappa shape index (κ1) is 33.9. The van der Waals surface area contributed by atoms with Crippen molar-refractivity contribution in [3.05, 3.63) is 100 Å².